The van der Waals surface area contributed by atoms with Gasteiger partial charge in [-0.05, 0) is 47.0 Å². The lowest BCUT2D eigenvalue weighted by Gasteiger charge is -2.08. The topological polar surface area (TPSA) is 83.8 Å². The number of nitrogen functional groups attached to an aromatic ring is 1. The largest absolute Gasteiger partial charge is 0.369 e. The van der Waals surface area contributed by atoms with Crippen LogP contribution in [0.25, 0.3) is 22.2 Å². The monoisotopic (exact) mass is 342 g/mol. The number of nitrogens with two attached hydrogens (primary N) is 1. The number of nitrogens with one attached hydrogen (secondary N) is 2. The summed E-state index contributed by atoms with van der Waals surface area (Å²) in [6.45, 7) is 0.473. The van der Waals surface area contributed by atoms with Gasteiger partial charge in [0.1, 0.15) is 0 Å². The van der Waals surface area contributed by atoms with Crippen LogP contribution >= 0.6 is 0 Å². The summed E-state index contributed by atoms with van der Waals surface area (Å²) in [6.07, 6.45) is 0. The first-order valence-electron chi connectivity index (χ1n) is 8.37. The van der Waals surface area contributed by atoms with E-state index >= 15 is 0 Å². The molecule has 4 rings (SSSR count). The third kappa shape index (κ3) is 3.28. The summed E-state index contributed by atoms with van der Waals surface area (Å²) in [5, 5.41) is 2.96. The SMILES string of the molecule is Nc1nc2ccc(-c3cccc(CNC(=O)c4ccccc4)c3)cc2[nH]1. The lowest BCUT2D eigenvalue weighted by Crippen LogP contribution is -2.22. The summed E-state index contributed by atoms with van der Waals surface area (Å²) < 4.78 is 0. The van der Waals surface area contributed by atoms with Crippen LogP contribution in [0.1, 0.15) is 15.9 Å². The van der Waals surface area contributed by atoms with Crippen LogP contribution in [0.3, 0.4) is 0 Å². The molecule has 4 aromatic rings. The molecule has 3 aromatic carbocycles. The van der Waals surface area contributed by atoms with E-state index in [0.717, 1.165) is 27.7 Å². The van der Waals surface area contributed by atoms with Gasteiger partial charge >= 0.3 is 0 Å². The minimum Gasteiger partial charge on any atom is -0.369 e. The number of carbonyl (C=O) groups is 1. The Hall–Kier alpha value is -3.60. The number of rotatable bonds is 4. The number of hydrogen-bond donors (Lipinski definition) is 3. The number of anilines is 1. The van der Waals surface area contributed by atoms with Gasteiger partial charge in [-0.15, -0.1) is 0 Å². The summed E-state index contributed by atoms with van der Waals surface area (Å²) in [6, 6.07) is 23.3. The Bertz CT molecular complexity index is 1070. The molecule has 0 bridgehead atoms. The molecule has 26 heavy (non-hydrogen) atoms. The summed E-state index contributed by atoms with van der Waals surface area (Å²) in [4.78, 5) is 19.5. The second kappa shape index (κ2) is 6.72. The Labute approximate surface area is 150 Å². The van der Waals surface area contributed by atoms with Gasteiger partial charge in [0.05, 0.1) is 11.0 Å². The zero-order valence-corrected chi connectivity index (χ0v) is 14.1. The van der Waals surface area contributed by atoms with E-state index in [1.165, 1.54) is 0 Å². The molecule has 0 atom stereocenters. The highest BCUT2D eigenvalue weighted by molar-refractivity contribution is 5.94. The molecule has 0 saturated carbocycles. The first-order valence-corrected chi connectivity index (χ1v) is 8.37. The molecule has 1 aromatic heterocycles. The van der Waals surface area contributed by atoms with E-state index in [9.17, 15) is 4.79 Å². The van der Waals surface area contributed by atoms with Crippen LogP contribution in [0.15, 0.2) is 72.8 Å². The molecule has 0 spiro atoms. The molecule has 0 radical (unpaired) electrons. The highest BCUT2D eigenvalue weighted by atomic mass is 16.1. The molecule has 1 heterocycles. The number of aromatic nitrogens is 2. The van der Waals surface area contributed by atoms with E-state index in [4.69, 9.17) is 5.73 Å². The van der Waals surface area contributed by atoms with Crippen molar-refractivity contribution in [1.82, 2.24) is 15.3 Å². The van der Waals surface area contributed by atoms with Gasteiger partial charge in [0.15, 0.2) is 5.95 Å². The maximum absolute atomic E-state index is 12.2. The highest BCUT2D eigenvalue weighted by Gasteiger charge is 2.06. The van der Waals surface area contributed by atoms with Gasteiger partial charge in [0.2, 0.25) is 0 Å². The second-order valence-electron chi connectivity index (χ2n) is 6.10. The zero-order chi connectivity index (χ0) is 17.9. The fourth-order valence-electron chi connectivity index (χ4n) is 2.94. The van der Waals surface area contributed by atoms with Gasteiger partial charge in [-0.1, -0.05) is 42.5 Å². The Morgan fingerprint density at radius 1 is 0.962 bits per heavy atom. The number of benzene rings is 3. The van der Waals surface area contributed by atoms with Crippen molar-refractivity contribution in [3.8, 4) is 11.1 Å². The van der Waals surface area contributed by atoms with Crippen molar-refractivity contribution in [3.05, 3.63) is 83.9 Å². The van der Waals surface area contributed by atoms with E-state index in [1.54, 1.807) is 12.1 Å². The van der Waals surface area contributed by atoms with Gasteiger partial charge in [0.25, 0.3) is 5.91 Å². The average Bonchev–Trinajstić information content (AvgIpc) is 3.06. The Kier molecular flexibility index (Phi) is 4.11. The number of hydrogen-bond acceptors (Lipinski definition) is 3. The number of fused-ring (bicyclic) bond motifs is 1. The smallest absolute Gasteiger partial charge is 0.251 e. The lowest BCUT2D eigenvalue weighted by molar-refractivity contribution is 0.0951. The fraction of sp³-hybridized carbons (Fsp3) is 0.0476. The predicted octanol–water partition coefficient (Wildman–Crippen LogP) is 3.74. The van der Waals surface area contributed by atoms with Crippen molar-refractivity contribution in [3.63, 3.8) is 0 Å². The minimum atomic E-state index is -0.0784. The maximum Gasteiger partial charge on any atom is 0.251 e. The minimum absolute atomic E-state index is 0.0784. The molecule has 0 fully saturated rings. The standard InChI is InChI=1S/C21H18N4O/c22-21-24-18-10-9-17(12-19(18)25-21)16-8-4-5-14(11-16)13-23-20(26)15-6-2-1-3-7-15/h1-12H,13H2,(H,23,26)(H3,22,24,25). The molecule has 4 N–H and O–H groups in total. The number of amides is 1. The Balaban J connectivity index is 1.53. The Morgan fingerprint density at radius 3 is 2.62 bits per heavy atom. The lowest BCUT2D eigenvalue weighted by atomic mass is 10.0. The zero-order valence-electron chi connectivity index (χ0n) is 14.1. The molecular formula is C21H18N4O. The van der Waals surface area contributed by atoms with Crippen LogP contribution in [0.2, 0.25) is 0 Å². The number of nitrogens with zero attached hydrogens (tertiary/aromatic N) is 1. The van der Waals surface area contributed by atoms with Crippen LogP contribution in [0, 0.1) is 0 Å². The quantitative estimate of drug-likeness (QED) is 0.528. The molecule has 5 heteroatoms. The molecule has 0 unspecified atom stereocenters. The second-order valence-corrected chi connectivity index (χ2v) is 6.10. The summed E-state index contributed by atoms with van der Waals surface area (Å²) in [5.41, 5.74) is 11.3. The molecule has 1 amide bonds. The third-order valence-electron chi connectivity index (χ3n) is 4.25. The molecule has 0 saturated heterocycles. The molecule has 0 aliphatic rings. The molecular weight excluding hydrogens is 324 g/mol. The fourth-order valence-corrected chi connectivity index (χ4v) is 2.94. The average molecular weight is 342 g/mol. The van der Waals surface area contributed by atoms with Gasteiger partial charge in [-0.2, -0.15) is 0 Å². The predicted molar refractivity (Wildman–Crippen MR) is 104 cm³/mol. The van der Waals surface area contributed by atoms with Crippen LogP contribution in [0.4, 0.5) is 5.95 Å². The van der Waals surface area contributed by atoms with Crippen LogP contribution in [-0.4, -0.2) is 15.9 Å². The van der Waals surface area contributed by atoms with Crippen LogP contribution in [0.5, 0.6) is 0 Å². The van der Waals surface area contributed by atoms with E-state index in [0.29, 0.717) is 18.1 Å². The summed E-state index contributed by atoms with van der Waals surface area (Å²) in [7, 11) is 0. The summed E-state index contributed by atoms with van der Waals surface area (Å²) >= 11 is 0. The van der Waals surface area contributed by atoms with Crippen molar-refractivity contribution in [2.45, 2.75) is 6.54 Å². The first-order chi connectivity index (χ1) is 12.7. The molecule has 128 valence electrons. The van der Waals surface area contributed by atoms with Gasteiger partial charge in [0, 0.05) is 12.1 Å². The van der Waals surface area contributed by atoms with E-state index in [-0.39, 0.29) is 5.91 Å². The number of carbonyl (C=O) groups excluding carboxylic acids is 1. The molecule has 0 aliphatic carbocycles. The number of H-pyrrole nitrogens is 1. The first kappa shape index (κ1) is 15.9. The van der Waals surface area contributed by atoms with Crippen LogP contribution < -0.4 is 11.1 Å². The molecule has 0 aliphatic heterocycles. The van der Waals surface area contributed by atoms with Crippen molar-refractivity contribution in [1.29, 1.82) is 0 Å². The van der Waals surface area contributed by atoms with E-state index in [2.05, 4.69) is 21.4 Å². The maximum atomic E-state index is 12.2. The van der Waals surface area contributed by atoms with Crippen LogP contribution in [-0.2, 0) is 6.54 Å². The van der Waals surface area contributed by atoms with Crippen molar-refractivity contribution >= 4 is 22.9 Å². The van der Waals surface area contributed by atoms with Gasteiger partial charge < -0.3 is 16.0 Å². The van der Waals surface area contributed by atoms with Gasteiger partial charge in [-0.3, -0.25) is 4.79 Å². The van der Waals surface area contributed by atoms with Crippen molar-refractivity contribution in [2.24, 2.45) is 0 Å². The highest BCUT2D eigenvalue weighted by Crippen LogP contribution is 2.24. The third-order valence-corrected chi connectivity index (χ3v) is 4.25. The van der Waals surface area contributed by atoms with Crippen molar-refractivity contribution < 1.29 is 4.79 Å². The number of imidazole rings is 1. The molecule has 5 nitrogen and oxygen atoms in total. The van der Waals surface area contributed by atoms with E-state index in [1.807, 2.05) is 54.6 Å². The number of aromatic amines is 1. The van der Waals surface area contributed by atoms with Gasteiger partial charge in [-0.25, -0.2) is 4.98 Å². The normalized spacial score (nSPS) is 10.8. The Morgan fingerprint density at radius 2 is 1.77 bits per heavy atom. The van der Waals surface area contributed by atoms with Crippen molar-refractivity contribution in [2.75, 3.05) is 5.73 Å². The summed E-state index contributed by atoms with van der Waals surface area (Å²) in [5.74, 6) is 0.333. The van der Waals surface area contributed by atoms with E-state index < -0.39 is 0 Å².